The van der Waals surface area contributed by atoms with Crippen LogP contribution in [0.4, 0.5) is 0 Å². The number of aliphatic hydroxyl groups is 1. The summed E-state index contributed by atoms with van der Waals surface area (Å²) in [6, 6.07) is 0. The second-order valence-electron chi connectivity index (χ2n) is 7.78. The maximum absolute atomic E-state index is 11.5. The molecule has 0 aliphatic heterocycles. The number of phosphoric acid groups is 1. The number of unbranched alkanes of at least 4 members (excludes halogenated alkanes) is 14. The topological polar surface area (TPSA) is 119 Å². The van der Waals surface area contributed by atoms with Crippen molar-refractivity contribution in [1.82, 2.24) is 0 Å². The predicted octanol–water partition coefficient (Wildman–Crippen LogP) is -1.99. The van der Waals surface area contributed by atoms with E-state index in [1.165, 1.54) is 77.0 Å². The van der Waals surface area contributed by atoms with E-state index in [0.717, 1.165) is 19.3 Å². The zero-order valence-corrected chi connectivity index (χ0v) is 25.0. The van der Waals surface area contributed by atoms with Crippen LogP contribution >= 0.6 is 7.82 Å². The van der Waals surface area contributed by atoms with Crippen LogP contribution < -0.4 is 68.9 Å². The summed E-state index contributed by atoms with van der Waals surface area (Å²) in [6.07, 6.45) is 17.7. The van der Waals surface area contributed by atoms with Gasteiger partial charge in [0.05, 0.1) is 14.4 Å². The molecule has 7 nitrogen and oxygen atoms in total. The number of hydrogen-bond donors (Lipinski definition) is 1. The molecule has 1 atom stereocenters. The quantitative estimate of drug-likeness (QED) is 0.0871. The molecule has 10 heteroatoms. The molecule has 0 amide bonds. The predicted molar refractivity (Wildman–Crippen MR) is 110 cm³/mol. The summed E-state index contributed by atoms with van der Waals surface area (Å²) in [6.45, 7) is 1.17. The van der Waals surface area contributed by atoms with E-state index in [4.69, 9.17) is 4.74 Å². The smallest absolute Gasteiger partial charge is 0.790 e. The fourth-order valence-corrected chi connectivity index (χ4v) is 3.48. The SMILES string of the molecule is CCCCCCCCCCCCCCCCCC(=O)OCC(O)COP(=O)([O-])[O-].[Na+].[Na+]. The van der Waals surface area contributed by atoms with Crippen LogP contribution in [0.2, 0.25) is 0 Å². The van der Waals surface area contributed by atoms with E-state index in [9.17, 15) is 24.3 Å². The number of ether oxygens (including phenoxy) is 1. The first-order valence-corrected chi connectivity index (χ1v) is 12.8. The number of rotatable bonds is 21. The molecule has 0 heterocycles. The zero-order chi connectivity index (χ0) is 21.8. The van der Waals surface area contributed by atoms with E-state index < -0.39 is 26.5 Å². The maximum atomic E-state index is 11.5. The van der Waals surface area contributed by atoms with Crippen LogP contribution in [-0.2, 0) is 18.6 Å². The van der Waals surface area contributed by atoms with Gasteiger partial charge < -0.3 is 28.7 Å². The third kappa shape index (κ3) is 31.5. The molecular weight excluding hydrogens is 441 g/mol. The number of carbonyl (C=O) groups excluding carboxylic acids is 1. The van der Waals surface area contributed by atoms with Crippen LogP contribution in [0.25, 0.3) is 0 Å². The van der Waals surface area contributed by atoms with Crippen molar-refractivity contribution >= 4 is 13.8 Å². The molecule has 0 rings (SSSR count). The van der Waals surface area contributed by atoms with Gasteiger partial charge in [0.15, 0.2) is 0 Å². The molecule has 0 aromatic heterocycles. The number of carbonyl (C=O) groups is 1. The van der Waals surface area contributed by atoms with Gasteiger partial charge in [-0.05, 0) is 6.42 Å². The van der Waals surface area contributed by atoms with Crippen LogP contribution in [-0.4, -0.2) is 30.4 Å². The van der Waals surface area contributed by atoms with Crippen LogP contribution in [0.15, 0.2) is 0 Å². The number of hydrogen-bond acceptors (Lipinski definition) is 7. The Morgan fingerprint density at radius 1 is 0.774 bits per heavy atom. The first-order chi connectivity index (χ1) is 13.8. The summed E-state index contributed by atoms with van der Waals surface area (Å²) in [5.41, 5.74) is 0. The van der Waals surface area contributed by atoms with Gasteiger partial charge >= 0.3 is 65.1 Å². The summed E-state index contributed by atoms with van der Waals surface area (Å²) in [7, 11) is -5.11. The fraction of sp³-hybridized carbons (Fsp3) is 0.952. The minimum absolute atomic E-state index is 0. The maximum Gasteiger partial charge on any atom is 1.00 e. The zero-order valence-electron chi connectivity index (χ0n) is 20.1. The number of phosphoric ester groups is 1. The molecule has 1 N–H and O–H groups in total. The summed E-state index contributed by atoms with van der Waals surface area (Å²) in [5.74, 6) is -0.439. The molecule has 0 aromatic carbocycles. The van der Waals surface area contributed by atoms with E-state index >= 15 is 0 Å². The molecule has 31 heavy (non-hydrogen) atoms. The average molecular weight is 483 g/mol. The second kappa shape index (κ2) is 26.2. The molecule has 0 aliphatic carbocycles. The molecule has 0 saturated carbocycles. The van der Waals surface area contributed by atoms with E-state index in [-0.39, 0.29) is 72.1 Å². The van der Waals surface area contributed by atoms with Crippen molar-refractivity contribution in [2.75, 3.05) is 13.2 Å². The summed E-state index contributed by atoms with van der Waals surface area (Å²) < 4.78 is 19.0. The van der Waals surface area contributed by atoms with Gasteiger partial charge in [-0.2, -0.15) is 0 Å². The van der Waals surface area contributed by atoms with E-state index in [2.05, 4.69) is 11.4 Å². The Morgan fingerprint density at radius 2 is 1.16 bits per heavy atom. The third-order valence-electron chi connectivity index (χ3n) is 4.85. The van der Waals surface area contributed by atoms with Crippen LogP contribution in [0, 0.1) is 0 Å². The van der Waals surface area contributed by atoms with Crippen molar-refractivity contribution in [3.63, 3.8) is 0 Å². The van der Waals surface area contributed by atoms with E-state index in [1.54, 1.807) is 0 Å². The van der Waals surface area contributed by atoms with Crippen LogP contribution in [0.3, 0.4) is 0 Å². The molecule has 0 bridgehead atoms. The summed E-state index contributed by atoms with van der Waals surface area (Å²) in [5, 5.41) is 9.36. The molecule has 0 aromatic rings. The molecule has 0 radical (unpaired) electrons. The van der Waals surface area contributed by atoms with Gasteiger partial charge in [-0.3, -0.25) is 4.79 Å². The van der Waals surface area contributed by atoms with Crippen molar-refractivity contribution in [2.24, 2.45) is 0 Å². The molecule has 0 aliphatic rings. The van der Waals surface area contributed by atoms with Gasteiger partial charge in [0.1, 0.15) is 12.7 Å². The van der Waals surface area contributed by atoms with Gasteiger partial charge in [-0.25, -0.2) is 0 Å². The molecule has 1 unspecified atom stereocenters. The molecular formula is C21H41Na2O7P. The van der Waals surface area contributed by atoms with Crippen LogP contribution in [0.5, 0.6) is 0 Å². The normalized spacial score (nSPS) is 12.0. The van der Waals surface area contributed by atoms with E-state index in [0.29, 0.717) is 0 Å². The Hall–Kier alpha value is 1.54. The Labute approximate surface area is 233 Å². The minimum atomic E-state index is -5.11. The number of esters is 1. The Balaban J connectivity index is -0.00000392. The van der Waals surface area contributed by atoms with Crippen molar-refractivity contribution in [1.29, 1.82) is 0 Å². The van der Waals surface area contributed by atoms with Gasteiger partial charge in [0, 0.05) is 6.42 Å². The Morgan fingerprint density at radius 3 is 1.55 bits per heavy atom. The monoisotopic (exact) mass is 482 g/mol. The summed E-state index contributed by atoms with van der Waals surface area (Å²) in [4.78, 5) is 32.1. The van der Waals surface area contributed by atoms with Crippen LogP contribution in [0.1, 0.15) is 110 Å². The van der Waals surface area contributed by atoms with Crippen molar-refractivity contribution < 1.29 is 92.6 Å². The average Bonchev–Trinajstić information content (AvgIpc) is 2.67. The van der Waals surface area contributed by atoms with Gasteiger partial charge in [-0.1, -0.05) is 96.8 Å². The van der Waals surface area contributed by atoms with Crippen molar-refractivity contribution in [3.8, 4) is 0 Å². The summed E-state index contributed by atoms with van der Waals surface area (Å²) >= 11 is 0. The van der Waals surface area contributed by atoms with Gasteiger partial charge in [-0.15, -0.1) is 0 Å². The number of aliphatic hydroxyl groups excluding tert-OH is 1. The third-order valence-corrected chi connectivity index (χ3v) is 5.31. The Bertz CT molecular complexity index is 436. The molecule has 174 valence electrons. The second-order valence-corrected chi connectivity index (χ2v) is 8.93. The van der Waals surface area contributed by atoms with Crippen molar-refractivity contribution in [2.45, 2.75) is 116 Å². The van der Waals surface area contributed by atoms with Crippen molar-refractivity contribution in [3.05, 3.63) is 0 Å². The molecule has 0 fully saturated rings. The largest absolute Gasteiger partial charge is 1.00 e. The van der Waals surface area contributed by atoms with Gasteiger partial charge in [0.25, 0.3) is 0 Å². The van der Waals surface area contributed by atoms with Gasteiger partial charge in [0.2, 0.25) is 0 Å². The molecule has 0 saturated heterocycles. The van der Waals surface area contributed by atoms with E-state index in [1.807, 2.05) is 0 Å². The first kappa shape index (κ1) is 37.1. The molecule has 0 spiro atoms. The Kier molecular flexibility index (Phi) is 31.3. The minimum Gasteiger partial charge on any atom is -0.790 e. The first-order valence-electron chi connectivity index (χ1n) is 11.4. The fourth-order valence-electron chi connectivity index (χ4n) is 3.13. The standard InChI is InChI=1S/C21H43O7P.2Na/c1-2-3-4-5-6-7-8-9-10-11-12-13-14-15-16-17-21(23)27-18-20(22)19-28-29(24,25)26;;/h20,22H,2-19H2,1H3,(H2,24,25,26);;/q;2*+1/p-2.